The maximum Gasteiger partial charge on any atom is 0.326 e. The topological polar surface area (TPSA) is 240 Å². The number of nitrogens with two attached hydrogens (primary N) is 3. The van der Waals surface area contributed by atoms with Gasteiger partial charge in [0.2, 0.25) is 17.7 Å². The number of carbonyl (C=O) groups is 5. The van der Waals surface area contributed by atoms with E-state index in [0.29, 0.717) is 38.8 Å². The minimum atomic E-state index is -1.37. The normalized spacial score (nSPS) is 14.0. The molecule has 0 aliphatic rings. The molecule has 0 aliphatic heterocycles. The SMILES string of the molecule is NCCCCC(NC(=O)C(Cc1ccccc1)NC(=O)C(CCCCN)NC(=O)C(N)CC(=O)O)C(=O)O. The Kier molecular flexibility index (Phi) is 15.2. The number of hydrogen-bond donors (Lipinski definition) is 8. The van der Waals surface area contributed by atoms with E-state index >= 15 is 0 Å². The Morgan fingerprint density at radius 2 is 1.21 bits per heavy atom. The number of hydrogen-bond acceptors (Lipinski definition) is 8. The number of aliphatic carboxylic acids is 2. The molecule has 0 radical (unpaired) electrons. The molecule has 4 unspecified atom stereocenters. The number of carboxylic acid groups (broad SMARTS) is 2. The molecule has 0 fully saturated rings. The minimum absolute atomic E-state index is 0.0650. The quantitative estimate of drug-likeness (QED) is 0.0985. The molecule has 0 spiro atoms. The van der Waals surface area contributed by atoms with Crippen LogP contribution in [0.15, 0.2) is 30.3 Å². The van der Waals surface area contributed by atoms with Crippen molar-refractivity contribution in [2.45, 2.75) is 75.5 Å². The molecule has 0 aromatic heterocycles. The Morgan fingerprint density at radius 1 is 0.711 bits per heavy atom. The summed E-state index contributed by atoms with van der Waals surface area (Å²) in [4.78, 5) is 61.4. The standard InChI is InChI=1S/C25H40N6O7/c26-12-6-4-10-18(29-22(34)17(28)15-21(32)33)23(35)31-20(14-16-8-2-1-3-9-16)24(36)30-19(25(37)38)11-5-7-13-27/h1-3,8-9,17-20H,4-7,10-15,26-28H2,(H,29,34)(H,30,36)(H,31,35)(H,32,33)(H,37,38). The summed E-state index contributed by atoms with van der Waals surface area (Å²) >= 11 is 0. The smallest absolute Gasteiger partial charge is 0.326 e. The molecule has 0 saturated heterocycles. The molecule has 212 valence electrons. The summed E-state index contributed by atoms with van der Waals surface area (Å²) in [5, 5.41) is 26.0. The highest BCUT2D eigenvalue weighted by Crippen LogP contribution is 2.08. The van der Waals surface area contributed by atoms with Crippen molar-refractivity contribution in [3.05, 3.63) is 35.9 Å². The van der Waals surface area contributed by atoms with E-state index < -0.39 is 60.2 Å². The van der Waals surface area contributed by atoms with Crippen LogP contribution in [0.25, 0.3) is 0 Å². The van der Waals surface area contributed by atoms with Crippen molar-refractivity contribution in [1.82, 2.24) is 16.0 Å². The Labute approximate surface area is 221 Å². The van der Waals surface area contributed by atoms with Gasteiger partial charge < -0.3 is 43.4 Å². The van der Waals surface area contributed by atoms with Crippen molar-refractivity contribution in [3.63, 3.8) is 0 Å². The van der Waals surface area contributed by atoms with Crippen LogP contribution in [0.2, 0.25) is 0 Å². The lowest BCUT2D eigenvalue weighted by Gasteiger charge is -2.25. The van der Waals surface area contributed by atoms with Crippen LogP contribution in [-0.4, -0.2) is 77.1 Å². The highest BCUT2D eigenvalue weighted by molar-refractivity contribution is 5.94. The van der Waals surface area contributed by atoms with Gasteiger partial charge in [0.15, 0.2) is 0 Å². The maximum atomic E-state index is 13.2. The molecule has 13 nitrogen and oxygen atoms in total. The van der Waals surface area contributed by atoms with Crippen LogP contribution in [0.1, 0.15) is 50.5 Å². The maximum absolute atomic E-state index is 13.2. The number of amides is 3. The minimum Gasteiger partial charge on any atom is -0.481 e. The van der Waals surface area contributed by atoms with Crippen molar-refractivity contribution in [2.24, 2.45) is 17.2 Å². The molecule has 1 aromatic rings. The van der Waals surface area contributed by atoms with E-state index in [1.807, 2.05) is 0 Å². The first-order chi connectivity index (χ1) is 18.1. The van der Waals surface area contributed by atoms with Gasteiger partial charge in [-0.1, -0.05) is 30.3 Å². The summed E-state index contributed by atoms with van der Waals surface area (Å²) in [7, 11) is 0. The van der Waals surface area contributed by atoms with Crippen LogP contribution < -0.4 is 33.2 Å². The first-order valence-corrected chi connectivity index (χ1v) is 12.6. The summed E-state index contributed by atoms with van der Waals surface area (Å²) in [6.07, 6.45) is 1.92. The fraction of sp³-hybridized carbons (Fsp3) is 0.560. The van der Waals surface area contributed by atoms with Crippen LogP contribution in [0.4, 0.5) is 0 Å². The number of unbranched alkanes of at least 4 members (excludes halogenated alkanes) is 2. The second-order valence-corrected chi connectivity index (χ2v) is 8.98. The van der Waals surface area contributed by atoms with Gasteiger partial charge in [-0.15, -0.1) is 0 Å². The van der Waals surface area contributed by atoms with Crippen molar-refractivity contribution in [2.75, 3.05) is 13.1 Å². The monoisotopic (exact) mass is 536 g/mol. The molecule has 38 heavy (non-hydrogen) atoms. The highest BCUT2D eigenvalue weighted by atomic mass is 16.4. The molecular weight excluding hydrogens is 496 g/mol. The third-order valence-electron chi connectivity index (χ3n) is 5.79. The number of nitrogens with one attached hydrogen (secondary N) is 3. The van der Waals surface area contributed by atoms with E-state index in [0.717, 1.165) is 5.56 Å². The first kappa shape index (κ1) is 32.5. The molecule has 1 rings (SSSR count). The van der Waals surface area contributed by atoms with Crippen molar-refractivity contribution >= 4 is 29.7 Å². The molecule has 4 atom stereocenters. The van der Waals surface area contributed by atoms with E-state index in [2.05, 4.69) is 16.0 Å². The molecule has 11 N–H and O–H groups in total. The van der Waals surface area contributed by atoms with Gasteiger partial charge in [0, 0.05) is 6.42 Å². The second kappa shape index (κ2) is 17.8. The second-order valence-electron chi connectivity index (χ2n) is 8.98. The van der Waals surface area contributed by atoms with Gasteiger partial charge >= 0.3 is 11.9 Å². The first-order valence-electron chi connectivity index (χ1n) is 12.6. The Balaban J connectivity index is 3.09. The van der Waals surface area contributed by atoms with Crippen LogP contribution in [0.3, 0.4) is 0 Å². The van der Waals surface area contributed by atoms with Gasteiger partial charge in [0.25, 0.3) is 0 Å². The van der Waals surface area contributed by atoms with Gasteiger partial charge in [0.1, 0.15) is 18.1 Å². The molecule has 0 bridgehead atoms. The van der Waals surface area contributed by atoms with Crippen LogP contribution in [0.5, 0.6) is 0 Å². The average Bonchev–Trinajstić information content (AvgIpc) is 2.87. The molecule has 0 heterocycles. The van der Waals surface area contributed by atoms with E-state index in [9.17, 15) is 29.1 Å². The zero-order chi connectivity index (χ0) is 28.5. The Bertz CT molecular complexity index is 915. The van der Waals surface area contributed by atoms with E-state index in [-0.39, 0.29) is 19.3 Å². The largest absolute Gasteiger partial charge is 0.481 e. The predicted molar refractivity (Wildman–Crippen MR) is 140 cm³/mol. The van der Waals surface area contributed by atoms with E-state index in [4.69, 9.17) is 22.3 Å². The number of rotatable bonds is 19. The van der Waals surface area contributed by atoms with Crippen LogP contribution in [-0.2, 0) is 30.4 Å². The van der Waals surface area contributed by atoms with Gasteiger partial charge in [-0.25, -0.2) is 4.79 Å². The van der Waals surface area contributed by atoms with Gasteiger partial charge in [-0.3, -0.25) is 19.2 Å². The fourth-order valence-corrected chi connectivity index (χ4v) is 3.68. The number of carbonyl (C=O) groups excluding carboxylic acids is 3. The third-order valence-corrected chi connectivity index (χ3v) is 5.79. The predicted octanol–water partition coefficient (Wildman–Crippen LogP) is -1.17. The van der Waals surface area contributed by atoms with Crippen LogP contribution >= 0.6 is 0 Å². The Hall–Kier alpha value is -3.55. The van der Waals surface area contributed by atoms with Gasteiger partial charge in [0.05, 0.1) is 12.5 Å². The molecule has 0 aliphatic carbocycles. The lowest BCUT2D eigenvalue weighted by molar-refractivity contribution is -0.142. The van der Waals surface area contributed by atoms with Crippen molar-refractivity contribution in [1.29, 1.82) is 0 Å². The summed E-state index contributed by atoms with van der Waals surface area (Å²) in [5.41, 5.74) is 17.4. The van der Waals surface area contributed by atoms with E-state index in [1.54, 1.807) is 30.3 Å². The lowest BCUT2D eigenvalue weighted by Crippen LogP contribution is -2.57. The molecular formula is C25H40N6O7. The third kappa shape index (κ3) is 12.6. The van der Waals surface area contributed by atoms with Gasteiger partial charge in [-0.2, -0.15) is 0 Å². The molecule has 1 aromatic carbocycles. The summed E-state index contributed by atoms with van der Waals surface area (Å²) in [5.74, 6) is -4.69. The molecule has 0 saturated carbocycles. The molecule has 13 heteroatoms. The lowest BCUT2D eigenvalue weighted by atomic mass is 10.0. The summed E-state index contributed by atoms with van der Waals surface area (Å²) in [6.45, 7) is 0.751. The zero-order valence-corrected chi connectivity index (χ0v) is 21.4. The average molecular weight is 537 g/mol. The van der Waals surface area contributed by atoms with E-state index in [1.165, 1.54) is 0 Å². The van der Waals surface area contributed by atoms with Gasteiger partial charge in [-0.05, 0) is 57.2 Å². The van der Waals surface area contributed by atoms with Crippen LogP contribution in [0, 0.1) is 0 Å². The number of benzene rings is 1. The molecule has 3 amide bonds. The highest BCUT2D eigenvalue weighted by Gasteiger charge is 2.30. The van der Waals surface area contributed by atoms with Crippen molar-refractivity contribution < 1.29 is 34.2 Å². The van der Waals surface area contributed by atoms with Crippen molar-refractivity contribution in [3.8, 4) is 0 Å². The summed E-state index contributed by atoms with van der Waals surface area (Å²) < 4.78 is 0. The zero-order valence-electron chi connectivity index (χ0n) is 21.4. The number of carboxylic acids is 2. The Morgan fingerprint density at radius 3 is 1.74 bits per heavy atom. The fourth-order valence-electron chi connectivity index (χ4n) is 3.68. The summed E-state index contributed by atoms with van der Waals surface area (Å²) in [6, 6.07) is 4.03.